The highest BCUT2D eigenvalue weighted by molar-refractivity contribution is 5.94. The molecule has 1 unspecified atom stereocenters. The van der Waals surface area contributed by atoms with Gasteiger partial charge >= 0.3 is 0 Å². The number of hydrogen-bond donors (Lipinski definition) is 3. The minimum atomic E-state index is -0.649. The Kier molecular flexibility index (Phi) is 6.13. The number of aryl methyl sites for hydroxylation is 1. The van der Waals surface area contributed by atoms with Crippen LogP contribution in [0.15, 0.2) is 36.5 Å². The molecular formula is C27H36N4O. The first-order chi connectivity index (χ1) is 15.2. The smallest absolute Gasteiger partial charge is 0.230 e. The molecule has 1 amide bonds. The van der Waals surface area contributed by atoms with Gasteiger partial charge in [0.2, 0.25) is 5.91 Å². The number of benzene rings is 1. The summed E-state index contributed by atoms with van der Waals surface area (Å²) in [6.07, 6.45) is 6.08. The number of carbonyl (C=O) groups is 1. The van der Waals surface area contributed by atoms with Gasteiger partial charge in [0.05, 0.1) is 11.1 Å². The summed E-state index contributed by atoms with van der Waals surface area (Å²) >= 11 is 0. The van der Waals surface area contributed by atoms with E-state index in [0.717, 1.165) is 53.7 Å². The Morgan fingerprint density at radius 1 is 1.19 bits per heavy atom. The Morgan fingerprint density at radius 3 is 2.62 bits per heavy atom. The minimum Gasteiger partial charge on any atom is -0.354 e. The van der Waals surface area contributed by atoms with Crippen molar-refractivity contribution in [2.75, 3.05) is 0 Å². The number of hydrogen-bond acceptors (Lipinski definition) is 3. The topological polar surface area (TPSA) is 83.8 Å². The van der Waals surface area contributed by atoms with E-state index in [4.69, 9.17) is 5.73 Å². The maximum absolute atomic E-state index is 13.3. The highest BCUT2D eigenvalue weighted by Crippen LogP contribution is 2.38. The maximum atomic E-state index is 13.3. The van der Waals surface area contributed by atoms with Crippen LogP contribution in [0.5, 0.6) is 0 Å². The summed E-state index contributed by atoms with van der Waals surface area (Å²) in [5.41, 5.74) is 12.3. The average Bonchev–Trinajstić information content (AvgIpc) is 3.14. The van der Waals surface area contributed by atoms with E-state index < -0.39 is 5.41 Å². The molecule has 2 aromatic heterocycles. The molecule has 0 radical (unpaired) electrons. The van der Waals surface area contributed by atoms with E-state index in [1.165, 1.54) is 10.9 Å². The molecule has 2 atom stereocenters. The first kappa shape index (κ1) is 22.5. The maximum Gasteiger partial charge on any atom is 0.230 e. The minimum absolute atomic E-state index is 0.0471. The number of carbonyl (C=O) groups excluding carboxylic acids is 1. The average molecular weight is 433 g/mol. The van der Waals surface area contributed by atoms with E-state index in [2.05, 4.69) is 59.5 Å². The number of amides is 1. The van der Waals surface area contributed by atoms with Crippen LogP contribution >= 0.6 is 0 Å². The van der Waals surface area contributed by atoms with Crippen LogP contribution < -0.4 is 11.1 Å². The Balaban J connectivity index is 1.72. The number of nitrogens with two attached hydrogens (primary N) is 1. The summed E-state index contributed by atoms with van der Waals surface area (Å²) in [6, 6.07) is 10.7. The molecule has 32 heavy (non-hydrogen) atoms. The molecule has 170 valence electrons. The molecule has 4 N–H and O–H groups in total. The lowest BCUT2D eigenvalue weighted by Crippen LogP contribution is -2.53. The molecule has 0 spiro atoms. The Hall–Kier alpha value is -2.66. The molecule has 3 aromatic rings. The van der Waals surface area contributed by atoms with Crippen LogP contribution in [0.2, 0.25) is 0 Å². The number of nitrogens with one attached hydrogen (secondary N) is 2. The van der Waals surface area contributed by atoms with Crippen LogP contribution in [-0.4, -0.2) is 28.0 Å². The highest BCUT2D eigenvalue weighted by atomic mass is 16.2. The van der Waals surface area contributed by atoms with E-state index in [1.807, 2.05) is 27.0 Å². The van der Waals surface area contributed by atoms with E-state index in [1.54, 1.807) is 0 Å². The molecule has 1 aromatic carbocycles. The first-order valence-electron chi connectivity index (χ1n) is 11.8. The van der Waals surface area contributed by atoms with Crippen molar-refractivity contribution in [1.82, 2.24) is 15.3 Å². The molecule has 2 heterocycles. The van der Waals surface area contributed by atoms with Gasteiger partial charge in [-0.2, -0.15) is 0 Å². The zero-order valence-electron chi connectivity index (χ0n) is 20.0. The van der Waals surface area contributed by atoms with Crippen LogP contribution in [0.3, 0.4) is 0 Å². The number of fused-ring (bicyclic) bond motifs is 1. The first-order valence-corrected chi connectivity index (χ1v) is 11.8. The zero-order chi connectivity index (χ0) is 23.0. The van der Waals surface area contributed by atoms with E-state index in [9.17, 15) is 4.79 Å². The van der Waals surface area contributed by atoms with Crippen molar-refractivity contribution in [3.05, 3.63) is 53.3 Å². The molecular weight excluding hydrogens is 396 g/mol. The van der Waals surface area contributed by atoms with Gasteiger partial charge in [0.25, 0.3) is 0 Å². The normalized spacial score (nSPS) is 19.5. The van der Waals surface area contributed by atoms with Gasteiger partial charge in [-0.3, -0.25) is 9.78 Å². The number of nitrogens with zero attached hydrogens (tertiary/aromatic N) is 1. The summed E-state index contributed by atoms with van der Waals surface area (Å²) in [5.74, 6) is 0.380. The summed E-state index contributed by atoms with van der Waals surface area (Å²) < 4.78 is 0. The fourth-order valence-electron chi connectivity index (χ4n) is 4.95. The predicted octanol–water partition coefficient (Wildman–Crippen LogP) is 5.33. The Labute approximate surface area is 191 Å². The van der Waals surface area contributed by atoms with Crippen molar-refractivity contribution in [3.63, 3.8) is 0 Å². The molecule has 5 nitrogen and oxygen atoms in total. The fourth-order valence-corrected chi connectivity index (χ4v) is 4.95. The second kappa shape index (κ2) is 8.70. The largest absolute Gasteiger partial charge is 0.354 e. The van der Waals surface area contributed by atoms with Gasteiger partial charge in [-0.1, -0.05) is 32.8 Å². The van der Waals surface area contributed by atoms with Crippen molar-refractivity contribution in [2.45, 2.75) is 83.7 Å². The number of rotatable bonds is 5. The van der Waals surface area contributed by atoms with E-state index in [-0.39, 0.29) is 18.0 Å². The van der Waals surface area contributed by atoms with Crippen molar-refractivity contribution >= 4 is 16.8 Å². The fraction of sp³-hybridized carbons (Fsp3) is 0.481. The van der Waals surface area contributed by atoms with Crippen molar-refractivity contribution in [3.8, 4) is 11.3 Å². The second-order valence-corrected chi connectivity index (χ2v) is 10.2. The van der Waals surface area contributed by atoms with Gasteiger partial charge in [0.1, 0.15) is 0 Å². The molecule has 1 aliphatic carbocycles. The quantitative estimate of drug-likeness (QED) is 0.510. The van der Waals surface area contributed by atoms with Crippen LogP contribution in [0, 0.1) is 6.92 Å². The molecule has 1 saturated carbocycles. The number of H-pyrrole nitrogens is 1. The molecule has 0 aliphatic heterocycles. The second-order valence-electron chi connectivity index (χ2n) is 10.2. The molecule has 5 heteroatoms. The third-order valence-corrected chi connectivity index (χ3v) is 7.03. The number of aromatic amines is 1. The molecule has 0 bridgehead atoms. The lowest BCUT2D eigenvalue weighted by atomic mass is 9.81. The third kappa shape index (κ3) is 4.18. The van der Waals surface area contributed by atoms with Gasteiger partial charge in [-0.25, -0.2) is 0 Å². The highest BCUT2D eigenvalue weighted by Gasteiger charge is 2.34. The Bertz CT molecular complexity index is 1130. The third-order valence-electron chi connectivity index (χ3n) is 7.03. The van der Waals surface area contributed by atoms with Crippen LogP contribution in [0.25, 0.3) is 22.2 Å². The van der Waals surface area contributed by atoms with Crippen molar-refractivity contribution in [1.29, 1.82) is 0 Å². The number of aromatic nitrogens is 2. The van der Waals surface area contributed by atoms with Gasteiger partial charge in [-0.05, 0) is 74.9 Å². The van der Waals surface area contributed by atoms with Crippen molar-refractivity contribution in [2.24, 2.45) is 5.73 Å². The van der Waals surface area contributed by atoms with Crippen molar-refractivity contribution < 1.29 is 4.79 Å². The summed E-state index contributed by atoms with van der Waals surface area (Å²) in [6.45, 7) is 10.5. The molecule has 4 rings (SSSR count). The van der Waals surface area contributed by atoms with Gasteiger partial charge < -0.3 is 16.0 Å². The lowest BCUT2D eigenvalue weighted by Gasteiger charge is -2.33. The zero-order valence-corrected chi connectivity index (χ0v) is 20.0. The lowest BCUT2D eigenvalue weighted by molar-refractivity contribution is -0.126. The molecule has 1 fully saturated rings. The monoisotopic (exact) mass is 432 g/mol. The van der Waals surface area contributed by atoms with Crippen LogP contribution in [0.4, 0.5) is 0 Å². The molecule has 0 saturated heterocycles. The molecule has 1 aliphatic rings. The standard InChI is InChI=1S/C27H36N4O/c1-16(2)24-20-15-19(27(4,5)26(32)31-23-9-7-6-8-21(23)28)10-11-22(20)30-25(24)18-12-13-29-17(3)14-18/h10-16,21,23,30H,6-9,28H2,1-5H3,(H,31,32)/t21-,23?/m1/s1. The van der Waals surface area contributed by atoms with Gasteiger partial charge in [0, 0.05) is 40.4 Å². The summed E-state index contributed by atoms with van der Waals surface area (Å²) in [5, 5.41) is 4.43. The van der Waals surface area contributed by atoms with Gasteiger partial charge in [-0.15, -0.1) is 0 Å². The van der Waals surface area contributed by atoms with Crippen LogP contribution in [0.1, 0.15) is 76.1 Å². The van der Waals surface area contributed by atoms with Gasteiger partial charge in [0.15, 0.2) is 0 Å². The van der Waals surface area contributed by atoms with E-state index >= 15 is 0 Å². The Morgan fingerprint density at radius 2 is 1.94 bits per heavy atom. The van der Waals surface area contributed by atoms with E-state index in [0.29, 0.717) is 5.92 Å². The summed E-state index contributed by atoms with van der Waals surface area (Å²) in [4.78, 5) is 21.3. The van der Waals surface area contributed by atoms with Crippen LogP contribution in [-0.2, 0) is 10.2 Å². The summed E-state index contributed by atoms with van der Waals surface area (Å²) in [7, 11) is 0. The SMILES string of the molecule is Cc1cc(-c2[nH]c3ccc(C(C)(C)C(=O)NC4CCCC[C@H]4N)cc3c2C(C)C)ccn1. The predicted molar refractivity (Wildman–Crippen MR) is 132 cm³/mol. The number of pyridine rings is 1.